The Kier molecular flexibility index (Phi) is 5.81. The fraction of sp³-hybridized carbons (Fsp3) is 0.455. The maximum atomic E-state index is 12.0. The van der Waals surface area contributed by atoms with Crippen LogP contribution < -0.4 is 5.32 Å². The summed E-state index contributed by atoms with van der Waals surface area (Å²) in [5.74, 6) is -1.12. The number of hydrogen-bond donors (Lipinski definition) is 2. The minimum atomic E-state index is -0.917. The predicted octanol–water partition coefficient (Wildman–Crippen LogP) is 3.50. The van der Waals surface area contributed by atoms with Crippen molar-refractivity contribution in [2.45, 2.75) is 26.3 Å². The molecule has 1 unspecified atom stereocenters. The van der Waals surface area contributed by atoms with Crippen LogP contribution in [0.3, 0.4) is 0 Å². The zero-order chi connectivity index (χ0) is 13.9. The highest BCUT2D eigenvalue weighted by Gasteiger charge is 2.22. The van der Waals surface area contributed by atoms with Crippen molar-refractivity contribution in [2.24, 2.45) is 5.92 Å². The van der Waals surface area contributed by atoms with E-state index >= 15 is 0 Å². The SMILES string of the molecule is CC(C)C(CC(=O)O)NC(=O)c1cc(Br)sc1Br. The van der Waals surface area contributed by atoms with Crippen molar-refractivity contribution in [3.63, 3.8) is 0 Å². The standard InChI is InChI=1S/C11H13Br2NO3S/c1-5(2)7(4-9(15)16)14-11(17)6-3-8(12)18-10(6)13/h3,5,7H,4H2,1-2H3,(H,14,17)(H,15,16). The third-order valence-corrected chi connectivity index (χ3v) is 4.76. The normalized spacial score (nSPS) is 12.5. The minimum absolute atomic E-state index is 0.0610. The van der Waals surface area contributed by atoms with Gasteiger partial charge in [0.1, 0.15) is 0 Å². The van der Waals surface area contributed by atoms with E-state index in [1.54, 1.807) is 6.07 Å². The number of carbonyl (C=O) groups excluding carboxylic acids is 1. The highest BCUT2D eigenvalue weighted by Crippen LogP contribution is 2.31. The number of amides is 1. The van der Waals surface area contributed by atoms with Crippen LogP contribution in [0.1, 0.15) is 30.6 Å². The van der Waals surface area contributed by atoms with Gasteiger partial charge in [-0.25, -0.2) is 0 Å². The summed E-state index contributed by atoms with van der Waals surface area (Å²) in [7, 11) is 0. The Balaban J connectivity index is 2.78. The Morgan fingerprint density at radius 3 is 2.44 bits per heavy atom. The maximum absolute atomic E-state index is 12.0. The highest BCUT2D eigenvalue weighted by atomic mass is 79.9. The number of aliphatic carboxylic acids is 1. The van der Waals surface area contributed by atoms with Gasteiger partial charge in [0, 0.05) is 6.04 Å². The van der Waals surface area contributed by atoms with Crippen molar-refractivity contribution >= 4 is 55.1 Å². The third kappa shape index (κ3) is 4.37. The topological polar surface area (TPSA) is 66.4 Å². The summed E-state index contributed by atoms with van der Waals surface area (Å²) < 4.78 is 1.57. The zero-order valence-electron chi connectivity index (χ0n) is 9.87. The zero-order valence-corrected chi connectivity index (χ0v) is 13.9. The Bertz CT molecular complexity index is 459. The minimum Gasteiger partial charge on any atom is -0.481 e. The van der Waals surface area contributed by atoms with Gasteiger partial charge >= 0.3 is 5.97 Å². The maximum Gasteiger partial charge on any atom is 0.305 e. The average molecular weight is 399 g/mol. The Morgan fingerprint density at radius 1 is 1.44 bits per heavy atom. The molecular formula is C11H13Br2NO3S. The molecule has 4 nitrogen and oxygen atoms in total. The van der Waals surface area contributed by atoms with Gasteiger partial charge in [-0.1, -0.05) is 13.8 Å². The van der Waals surface area contributed by atoms with Gasteiger partial charge in [0.05, 0.1) is 19.6 Å². The first kappa shape index (κ1) is 15.7. The van der Waals surface area contributed by atoms with Gasteiger partial charge in [-0.15, -0.1) is 11.3 Å². The number of carboxylic acid groups (broad SMARTS) is 1. The quantitative estimate of drug-likeness (QED) is 0.797. The molecule has 100 valence electrons. The largest absolute Gasteiger partial charge is 0.481 e. The smallest absolute Gasteiger partial charge is 0.305 e. The van der Waals surface area contributed by atoms with Gasteiger partial charge in [-0.2, -0.15) is 0 Å². The van der Waals surface area contributed by atoms with Crippen LogP contribution in [0.25, 0.3) is 0 Å². The van der Waals surface area contributed by atoms with E-state index in [0.29, 0.717) is 5.56 Å². The van der Waals surface area contributed by atoms with Crippen LogP contribution >= 0.6 is 43.2 Å². The van der Waals surface area contributed by atoms with Crippen molar-refractivity contribution in [2.75, 3.05) is 0 Å². The molecule has 0 aromatic carbocycles. The molecule has 1 rings (SSSR count). The molecule has 0 aliphatic heterocycles. The van der Waals surface area contributed by atoms with E-state index in [1.165, 1.54) is 11.3 Å². The van der Waals surface area contributed by atoms with E-state index in [4.69, 9.17) is 5.11 Å². The van der Waals surface area contributed by atoms with Crippen molar-refractivity contribution < 1.29 is 14.7 Å². The molecule has 0 saturated heterocycles. The van der Waals surface area contributed by atoms with E-state index in [-0.39, 0.29) is 24.3 Å². The predicted molar refractivity (Wildman–Crippen MR) is 78.1 cm³/mol. The van der Waals surface area contributed by atoms with E-state index < -0.39 is 5.97 Å². The van der Waals surface area contributed by atoms with E-state index in [0.717, 1.165) is 7.57 Å². The molecule has 0 saturated carbocycles. The molecule has 1 aromatic rings. The molecule has 0 spiro atoms. The first-order valence-corrected chi connectivity index (χ1v) is 7.69. The second kappa shape index (κ2) is 6.68. The summed E-state index contributed by atoms with van der Waals surface area (Å²) in [6.07, 6.45) is -0.0771. The summed E-state index contributed by atoms with van der Waals surface area (Å²) in [5, 5.41) is 11.6. The first-order chi connectivity index (χ1) is 8.31. The van der Waals surface area contributed by atoms with Crippen LogP contribution in [0.2, 0.25) is 0 Å². The number of thiophene rings is 1. The number of nitrogens with one attached hydrogen (secondary N) is 1. The number of rotatable bonds is 5. The van der Waals surface area contributed by atoms with E-state index in [1.807, 2.05) is 13.8 Å². The molecule has 1 atom stereocenters. The van der Waals surface area contributed by atoms with Crippen molar-refractivity contribution in [3.8, 4) is 0 Å². The Hall–Kier alpha value is -0.400. The lowest BCUT2D eigenvalue weighted by molar-refractivity contribution is -0.137. The van der Waals surface area contributed by atoms with Crippen LogP contribution in [0, 0.1) is 5.92 Å². The van der Waals surface area contributed by atoms with Gasteiger partial charge in [0.25, 0.3) is 5.91 Å². The molecule has 1 amide bonds. The molecule has 1 heterocycles. The van der Waals surface area contributed by atoms with Gasteiger partial charge in [-0.05, 0) is 43.8 Å². The van der Waals surface area contributed by atoms with Crippen molar-refractivity contribution in [3.05, 3.63) is 19.2 Å². The van der Waals surface area contributed by atoms with Gasteiger partial charge in [-0.3, -0.25) is 9.59 Å². The Labute approximate surface area is 126 Å². The monoisotopic (exact) mass is 397 g/mol. The first-order valence-electron chi connectivity index (χ1n) is 5.28. The van der Waals surface area contributed by atoms with Crippen molar-refractivity contribution in [1.29, 1.82) is 0 Å². The molecule has 7 heteroatoms. The molecule has 0 fully saturated rings. The van der Waals surface area contributed by atoms with Crippen molar-refractivity contribution in [1.82, 2.24) is 5.32 Å². The lowest BCUT2D eigenvalue weighted by Gasteiger charge is -2.20. The average Bonchev–Trinajstić information content (AvgIpc) is 2.56. The fourth-order valence-corrected chi connectivity index (χ4v) is 4.18. The number of carboxylic acids is 1. The van der Waals surface area contributed by atoms with Crippen LogP contribution in [-0.4, -0.2) is 23.0 Å². The molecule has 0 aliphatic carbocycles. The van der Waals surface area contributed by atoms with Crippen LogP contribution in [0.15, 0.2) is 13.6 Å². The van der Waals surface area contributed by atoms with E-state index in [2.05, 4.69) is 37.2 Å². The van der Waals surface area contributed by atoms with Gasteiger partial charge in [0.2, 0.25) is 0 Å². The van der Waals surface area contributed by atoms with Crippen LogP contribution in [0.5, 0.6) is 0 Å². The molecule has 18 heavy (non-hydrogen) atoms. The second-order valence-electron chi connectivity index (χ2n) is 4.16. The molecular weight excluding hydrogens is 386 g/mol. The van der Waals surface area contributed by atoms with Crippen LogP contribution in [0.4, 0.5) is 0 Å². The van der Waals surface area contributed by atoms with E-state index in [9.17, 15) is 9.59 Å². The number of carbonyl (C=O) groups is 2. The summed E-state index contributed by atoms with van der Waals surface area (Å²) in [6.45, 7) is 3.76. The molecule has 2 N–H and O–H groups in total. The summed E-state index contributed by atoms with van der Waals surface area (Å²) in [6, 6.07) is 1.34. The number of hydrogen-bond acceptors (Lipinski definition) is 3. The second-order valence-corrected chi connectivity index (χ2v) is 7.91. The fourth-order valence-electron chi connectivity index (χ4n) is 1.38. The molecule has 0 bridgehead atoms. The lowest BCUT2D eigenvalue weighted by Crippen LogP contribution is -2.40. The summed E-state index contributed by atoms with van der Waals surface area (Å²) in [4.78, 5) is 22.8. The Morgan fingerprint density at radius 2 is 2.06 bits per heavy atom. The van der Waals surface area contributed by atoms with Gasteiger partial charge < -0.3 is 10.4 Å². The molecule has 1 aromatic heterocycles. The number of halogens is 2. The summed E-state index contributed by atoms with van der Waals surface area (Å²) >= 11 is 8.01. The summed E-state index contributed by atoms with van der Waals surface area (Å²) in [5.41, 5.74) is 0.517. The van der Waals surface area contributed by atoms with Crippen LogP contribution in [-0.2, 0) is 4.79 Å². The molecule has 0 aliphatic rings. The lowest BCUT2D eigenvalue weighted by atomic mass is 10.0. The third-order valence-electron chi connectivity index (χ3n) is 2.42. The van der Waals surface area contributed by atoms with Gasteiger partial charge in [0.15, 0.2) is 0 Å². The molecule has 0 radical (unpaired) electrons. The highest BCUT2D eigenvalue weighted by molar-refractivity contribution is 9.12.